The number of sulfonamides is 1. The summed E-state index contributed by atoms with van der Waals surface area (Å²) in [6, 6.07) is 4.22. The van der Waals surface area contributed by atoms with E-state index in [0.29, 0.717) is 0 Å². The smallest absolute Gasteiger partial charge is 0.230 e. The predicted octanol–water partition coefficient (Wildman–Crippen LogP) is 1.74. The van der Waals surface area contributed by atoms with Crippen LogP contribution in [0.4, 0.5) is 10.1 Å². The van der Waals surface area contributed by atoms with Crippen molar-refractivity contribution < 1.29 is 17.5 Å². The summed E-state index contributed by atoms with van der Waals surface area (Å²) in [5, 5.41) is 0. The van der Waals surface area contributed by atoms with Gasteiger partial charge in [-0.25, -0.2) is 12.8 Å². The molecule has 4 nitrogen and oxygen atoms in total. The maximum absolute atomic E-state index is 13.4. The maximum Gasteiger partial charge on any atom is 0.230 e. The van der Waals surface area contributed by atoms with Crippen molar-refractivity contribution in [3.05, 3.63) is 24.0 Å². The lowest BCUT2D eigenvalue weighted by Gasteiger charge is -2.12. The highest BCUT2D eigenvalue weighted by Gasteiger charge is 2.25. The Bertz CT molecular complexity index is 497. The van der Waals surface area contributed by atoms with Gasteiger partial charge in [0.1, 0.15) is 11.4 Å². The Kier molecular flexibility index (Phi) is 2.75. The minimum absolute atomic E-state index is 0.0851. The summed E-state index contributed by atoms with van der Waals surface area (Å²) in [5.74, 6) is -0.392. The molecule has 0 atom stereocenters. The molecule has 0 spiro atoms. The molecule has 0 saturated heterocycles. The lowest BCUT2D eigenvalue weighted by atomic mass is 10.3. The fraction of sp³-hybridized carbons (Fsp3) is 0.400. The average Bonchev–Trinajstić information content (AvgIpc) is 2.93. The van der Waals surface area contributed by atoms with Crippen LogP contribution in [0, 0.1) is 5.82 Å². The van der Waals surface area contributed by atoms with Gasteiger partial charge < -0.3 is 4.74 Å². The number of nitrogens with one attached hydrogen (secondary N) is 1. The first kappa shape index (κ1) is 11.2. The van der Waals surface area contributed by atoms with Crippen molar-refractivity contribution in [3.8, 4) is 5.75 Å². The fourth-order valence-corrected chi connectivity index (χ4v) is 1.82. The maximum atomic E-state index is 13.4. The summed E-state index contributed by atoms with van der Waals surface area (Å²) < 4.78 is 43.1. The predicted molar refractivity (Wildman–Crippen MR) is 58.5 cm³/mol. The Morgan fingerprint density at radius 2 is 2.12 bits per heavy atom. The van der Waals surface area contributed by atoms with E-state index in [1.54, 1.807) is 6.07 Å². The second-order valence-corrected chi connectivity index (χ2v) is 5.55. The zero-order chi connectivity index (χ0) is 11.8. The molecule has 0 unspecified atom stereocenters. The Morgan fingerprint density at radius 3 is 2.69 bits per heavy atom. The largest absolute Gasteiger partial charge is 0.488 e. The summed E-state index contributed by atoms with van der Waals surface area (Å²) in [6.07, 6.45) is 2.91. The third-order valence-corrected chi connectivity index (χ3v) is 2.66. The molecule has 1 aromatic carbocycles. The Balaban J connectivity index is 2.31. The van der Waals surface area contributed by atoms with Crippen LogP contribution >= 0.6 is 0 Å². The SMILES string of the molecule is CS(=O)(=O)Nc1c(F)cccc1OC1CC1. The van der Waals surface area contributed by atoms with Gasteiger partial charge in [-0.2, -0.15) is 0 Å². The van der Waals surface area contributed by atoms with E-state index in [9.17, 15) is 12.8 Å². The van der Waals surface area contributed by atoms with Gasteiger partial charge in [0, 0.05) is 0 Å². The lowest BCUT2D eigenvalue weighted by Crippen LogP contribution is -2.12. The summed E-state index contributed by atoms with van der Waals surface area (Å²) >= 11 is 0. The third-order valence-electron chi connectivity index (χ3n) is 2.08. The first-order valence-electron chi connectivity index (χ1n) is 4.89. The molecule has 16 heavy (non-hydrogen) atoms. The van der Waals surface area contributed by atoms with E-state index in [2.05, 4.69) is 4.72 Å². The second-order valence-electron chi connectivity index (χ2n) is 3.80. The quantitative estimate of drug-likeness (QED) is 0.879. The van der Waals surface area contributed by atoms with E-state index in [1.807, 2.05) is 0 Å². The zero-order valence-electron chi connectivity index (χ0n) is 8.73. The Morgan fingerprint density at radius 1 is 1.44 bits per heavy atom. The fourth-order valence-electron chi connectivity index (χ4n) is 1.25. The normalized spacial score (nSPS) is 15.9. The standard InChI is InChI=1S/C10H12FNO3S/c1-16(13,14)12-10-8(11)3-2-4-9(10)15-7-5-6-7/h2-4,7,12H,5-6H2,1H3. The highest BCUT2D eigenvalue weighted by Crippen LogP contribution is 2.33. The Hall–Kier alpha value is -1.30. The van der Waals surface area contributed by atoms with Crippen LogP contribution < -0.4 is 9.46 Å². The topological polar surface area (TPSA) is 55.4 Å². The summed E-state index contributed by atoms with van der Waals surface area (Å²) in [6.45, 7) is 0. The summed E-state index contributed by atoms with van der Waals surface area (Å²) in [7, 11) is -3.51. The van der Waals surface area contributed by atoms with Gasteiger partial charge in [-0.3, -0.25) is 4.72 Å². The number of ether oxygens (including phenoxy) is 1. The van der Waals surface area contributed by atoms with Gasteiger partial charge in [-0.1, -0.05) is 6.07 Å². The first-order valence-corrected chi connectivity index (χ1v) is 6.78. The van der Waals surface area contributed by atoms with Crippen LogP contribution in [0.25, 0.3) is 0 Å². The molecule has 0 bridgehead atoms. The van der Waals surface area contributed by atoms with Gasteiger partial charge in [0.05, 0.1) is 12.4 Å². The van der Waals surface area contributed by atoms with Crippen LogP contribution in [-0.4, -0.2) is 20.8 Å². The van der Waals surface area contributed by atoms with E-state index in [1.165, 1.54) is 12.1 Å². The number of halogens is 1. The first-order chi connectivity index (χ1) is 7.46. The van der Waals surface area contributed by atoms with Crippen molar-refractivity contribution >= 4 is 15.7 Å². The molecule has 88 valence electrons. The van der Waals surface area contributed by atoms with Crippen molar-refractivity contribution in [2.75, 3.05) is 11.0 Å². The highest BCUT2D eigenvalue weighted by atomic mass is 32.2. The minimum atomic E-state index is -3.51. The van der Waals surface area contributed by atoms with Crippen molar-refractivity contribution in [3.63, 3.8) is 0 Å². The van der Waals surface area contributed by atoms with Gasteiger partial charge in [-0.15, -0.1) is 0 Å². The molecule has 0 aliphatic heterocycles. The van der Waals surface area contributed by atoms with Gasteiger partial charge in [0.2, 0.25) is 10.0 Å². The Labute approximate surface area is 93.5 Å². The van der Waals surface area contributed by atoms with Crippen molar-refractivity contribution in [2.45, 2.75) is 18.9 Å². The van der Waals surface area contributed by atoms with Crippen molar-refractivity contribution in [1.29, 1.82) is 0 Å². The molecule has 6 heteroatoms. The van der Waals surface area contributed by atoms with Gasteiger partial charge in [0.25, 0.3) is 0 Å². The molecule has 1 fully saturated rings. The summed E-state index contributed by atoms with van der Waals surface area (Å²) in [5.41, 5.74) is -0.114. The molecule has 0 radical (unpaired) electrons. The van der Waals surface area contributed by atoms with Crippen LogP contribution in [0.3, 0.4) is 0 Å². The average molecular weight is 245 g/mol. The summed E-state index contributed by atoms with van der Waals surface area (Å²) in [4.78, 5) is 0. The number of hydrogen-bond acceptors (Lipinski definition) is 3. The van der Waals surface area contributed by atoms with Crippen molar-refractivity contribution in [1.82, 2.24) is 0 Å². The zero-order valence-corrected chi connectivity index (χ0v) is 9.55. The monoisotopic (exact) mass is 245 g/mol. The lowest BCUT2D eigenvalue weighted by molar-refractivity contribution is 0.303. The minimum Gasteiger partial charge on any atom is -0.488 e. The van der Waals surface area contributed by atoms with E-state index < -0.39 is 15.8 Å². The molecule has 0 aromatic heterocycles. The molecule has 2 rings (SSSR count). The molecule has 1 saturated carbocycles. The number of benzene rings is 1. The van der Waals surface area contributed by atoms with Crippen LogP contribution in [0.5, 0.6) is 5.75 Å². The number of rotatable bonds is 4. The molecule has 1 aliphatic carbocycles. The van der Waals surface area contributed by atoms with E-state index in [4.69, 9.17) is 4.74 Å². The van der Waals surface area contributed by atoms with Crippen molar-refractivity contribution in [2.24, 2.45) is 0 Å². The van der Waals surface area contributed by atoms with Crippen LogP contribution in [0.2, 0.25) is 0 Å². The third kappa shape index (κ3) is 2.85. The molecule has 1 aromatic rings. The van der Waals surface area contributed by atoms with Crippen LogP contribution in [0.15, 0.2) is 18.2 Å². The highest BCUT2D eigenvalue weighted by molar-refractivity contribution is 7.92. The molecular weight excluding hydrogens is 233 g/mol. The van der Waals surface area contributed by atoms with Gasteiger partial charge in [-0.05, 0) is 25.0 Å². The number of anilines is 1. The molecule has 0 amide bonds. The van der Waals surface area contributed by atoms with E-state index in [-0.39, 0.29) is 17.5 Å². The molecular formula is C10H12FNO3S. The number of hydrogen-bond donors (Lipinski definition) is 1. The molecule has 1 aliphatic rings. The second kappa shape index (κ2) is 3.93. The van der Waals surface area contributed by atoms with Gasteiger partial charge >= 0.3 is 0 Å². The molecule has 1 N–H and O–H groups in total. The van der Waals surface area contributed by atoms with Crippen LogP contribution in [0.1, 0.15) is 12.8 Å². The van der Waals surface area contributed by atoms with Crippen LogP contribution in [-0.2, 0) is 10.0 Å². The van der Waals surface area contributed by atoms with E-state index in [0.717, 1.165) is 19.1 Å². The van der Waals surface area contributed by atoms with Gasteiger partial charge in [0.15, 0.2) is 5.82 Å². The number of para-hydroxylation sites is 1. The molecule has 0 heterocycles. The van der Waals surface area contributed by atoms with E-state index >= 15 is 0 Å².